The molecule has 2 aromatic heterocycles. The van der Waals surface area contributed by atoms with Gasteiger partial charge in [-0.2, -0.15) is 0 Å². The van der Waals surface area contributed by atoms with E-state index < -0.39 is 0 Å². The molecule has 0 bridgehead atoms. The van der Waals surface area contributed by atoms with Gasteiger partial charge in [-0.25, -0.2) is 0 Å². The summed E-state index contributed by atoms with van der Waals surface area (Å²) in [4.78, 5) is 12.5. The van der Waals surface area contributed by atoms with Crippen LogP contribution in [0.15, 0.2) is 40.1 Å². The SMILES string of the molecule is CCCn1c(SCC(=O)Nc2cc(OC)cc(OC)c2)nnc1-c1ccoc1C. The van der Waals surface area contributed by atoms with Gasteiger partial charge in [-0.05, 0) is 19.4 Å². The van der Waals surface area contributed by atoms with E-state index in [4.69, 9.17) is 13.9 Å². The zero-order valence-electron chi connectivity index (χ0n) is 16.9. The maximum absolute atomic E-state index is 12.5. The monoisotopic (exact) mass is 416 g/mol. The van der Waals surface area contributed by atoms with Crippen LogP contribution in [0.2, 0.25) is 0 Å². The van der Waals surface area contributed by atoms with Crippen LogP contribution in [0.1, 0.15) is 19.1 Å². The molecule has 29 heavy (non-hydrogen) atoms. The van der Waals surface area contributed by atoms with Crippen molar-refractivity contribution in [2.75, 3.05) is 25.3 Å². The number of aryl methyl sites for hydroxylation is 1. The second-order valence-electron chi connectivity index (χ2n) is 6.29. The quantitative estimate of drug-likeness (QED) is 0.527. The minimum Gasteiger partial charge on any atom is -0.497 e. The van der Waals surface area contributed by atoms with Crippen molar-refractivity contribution < 1.29 is 18.7 Å². The fourth-order valence-electron chi connectivity index (χ4n) is 2.84. The fraction of sp³-hybridized carbons (Fsp3) is 0.350. The molecule has 0 spiro atoms. The number of anilines is 1. The van der Waals surface area contributed by atoms with Gasteiger partial charge in [0.1, 0.15) is 17.3 Å². The number of methoxy groups -OCH3 is 2. The summed E-state index contributed by atoms with van der Waals surface area (Å²) in [6.45, 7) is 4.73. The first-order valence-electron chi connectivity index (χ1n) is 9.19. The number of nitrogens with one attached hydrogen (secondary N) is 1. The summed E-state index contributed by atoms with van der Waals surface area (Å²) in [5, 5.41) is 12.2. The van der Waals surface area contributed by atoms with Crippen molar-refractivity contribution in [2.24, 2.45) is 0 Å². The maximum atomic E-state index is 12.5. The van der Waals surface area contributed by atoms with Gasteiger partial charge in [0.05, 0.1) is 31.8 Å². The Morgan fingerprint density at radius 2 is 1.93 bits per heavy atom. The molecule has 154 valence electrons. The number of rotatable bonds is 9. The molecule has 0 atom stereocenters. The minimum absolute atomic E-state index is 0.155. The molecule has 0 fully saturated rings. The van der Waals surface area contributed by atoms with Crippen molar-refractivity contribution >= 4 is 23.4 Å². The summed E-state index contributed by atoms with van der Waals surface area (Å²) in [6, 6.07) is 7.11. The van der Waals surface area contributed by atoms with E-state index in [1.54, 1.807) is 38.7 Å². The zero-order valence-corrected chi connectivity index (χ0v) is 17.7. The smallest absolute Gasteiger partial charge is 0.234 e. The van der Waals surface area contributed by atoms with E-state index in [-0.39, 0.29) is 11.7 Å². The molecular formula is C20H24N4O4S. The van der Waals surface area contributed by atoms with Crippen molar-refractivity contribution in [1.29, 1.82) is 0 Å². The number of carbonyl (C=O) groups excluding carboxylic acids is 1. The molecule has 0 aliphatic heterocycles. The van der Waals surface area contributed by atoms with E-state index in [2.05, 4.69) is 22.4 Å². The Labute approximate surface area is 173 Å². The van der Waals surface area contributed by atoms with Gasteiger partial charge in [0.15, 0.2) is 11.0 Å². The summed E-state index contributed by atoms with van der Waals surface area (Å²) in [5.41, 5.74) is 1.52. The average molecular weight is 417 g/mol. The fourth-order valence-corrected chi connectivity index (χ4v) is 3.61. The predicted octanol–water partition coefficient (Wildman–Crippen LogP) is 4.00. The third-order valence-corrected chi connectivity index (χ3v) is 5.20. The molecule has 8 nitrogen and oxygen atoms in total. The molecule has 2 heterocycles. The molecule has 3 rings (SSSR count). The van der Waals surface area contributed by atoms with E-state index >= 15 is 0 Å². The van der Waals surface area contributed by atoms with Crippen molar-refractivity contribution in [2.45, 2.75) is 32.0 Å². The number of thioether (sulfide) groups is 1. The van der Waals surface area contributed by atoms with Crippen LogP contribution in [0.25, 0.3) is 11.4 Å². The summed E-state index contributed by atoms with van der Waals surface area (Å²) >= 11 is 1.34. The summed E-state index contributed by atoms with van der Waals surface area (Å²) < 4.78 is 17.9. The molecule has 3 aromatic rings. The standard InChI is InChI=1S/C20H24N4O4S/c1-5-7-24-19(17-6-8-28-13(17)2)22-23-20(24)29-12-18(25)21-14-9-15(26-3)11-16(10-14)27-4/h6,8-11H,5,7,12H2,1-4H3,(H,21,25). The molecule has 9 heteroatoms. The number of furan rings is 1. The largest absolute Gasteiger partial charge is 0.497 e. The van der Waals surface area contributed by atoms with E-state index in [0.717, 1.165) is 30.1 Å². The number of benzene rings is 1. The summed E-state index contributed by atoms with van der Waals surface area (Å²) in [5.74, 6) is 2.79. The van der Waals surface area contributed by atoms with Crippen LogP contribution in [0.5, 0.6) is 11.5 Å². The number of hydrogen-bond acceptors (Lipinski definition) is 7. The van der Waals surface area contributed by atoms with Gasteiger partial charge in [-0.3, -0.25) is 4.79 Å². The lowest BCUT2D eigenvalue weighted by molar-refractivity contribution is -0.113. The van der Waals surface area contributed by atoms with Crippen molar-refractivity contribution in [3.63, 3.8) is 0 Å². The van der Waals surface area contributed by atoms with Gasteiger partial charge in [0.2, 0.25) is 5.91 Å². The topological polar surface area (TPSA) is 91.4 Å². The third-order valence-electron chi connectivity index (χ3n) is 4.23. The number of nitrogens with zero attached hydrogens (tertiary/aromatic N) is 3. The summed E-state index contributed by atoms with van der Waals surface area (Å²) in [6.07, 6.45) is 2.56. The molecule has 0 aliphatic carbocycles. The lowest BCUT2D eigenvalue weighted by Gasteiger charge is -2.10. The van der Waals surface area contributed by atoms with E-state index in [9.17, 15) is 4.79 Å². The number of hydrogen-bond donors (Lipinski definition) is 1. The number of ether oxygens (including phenoxy) is 2. The molecular weight excluding hydrogens is 392 g/mol. The second-order valence-corrected chi connectivity index (χ2v) is 7.23. The highest BCUT2D eigenvalue weighted by Gasteiger charge is 2.18. The second kappa shape index (κ2) is 9.51. The summed E-state index contributed by atoms with van der Waals surface area (Å²) in [7, 11) is 3.13. The van der Waals surface area contributed by atoms with Crippen LogP contribution in [0.3, 0.4) is 0 Å². The number of amides is 1. The lowest BCUT2D eigenvalue weighted by Crippen LogP contribution is -2.15. The highest BCUT2D eigenvalue weighted by molar-refractivity contribution is 7.99. The Balaban J connectivity index is 1.71. The maximum Gasteiger partial charge on any atom is 0.234 e. The molecule has 0 saturated heterocycles. The van der Waals surface area contributed by atoms with Gasteiger partial charge >= 0.3 is 0 Å². The predicted molar refractivity (Wildman–Crippen MR) is 112 cm³/mol. The Hall–Kier alpha value is -2.94. The first-order chi connectivity index (χ1) is 14.0. The molecule has 1 amide bonds. The van der Waals surface area contributed by atoms with Crippen LogP contribution >= 0.6 is 11.8 Å². The van der Waals surface area contributed by atoms with Crippen LogP contribution in [-0.2, 0) is 11.3 Å². The minimum atomic E-state index is -0.155. The molecule has 0 unspecified atom stereocenters. The number of carbonyl (C=O) groups is 1. The molecule has 0 saturated carbocycles. The highest BCUT2D eigenvalue weighted by atomic mass is 32.2. The highest BCUT2D eigenvalue weighted by Crippen LogP contribution is 2.28. The molecule has 0 radical (unpaired) electrons. The average Bonchev–Trinajstić information content (AvgIpc) is 3.32. The zero-order chi connectivity index (χ0) is 20.8. The Morgan fingerprint density at radius 3 is 2.52 bits per heavy atom. The van der Waals surface area contributed by atoms with Gasteiger partial charge in [0, 0.05) is 30.4 Å². The first-order valence-corrected chi connectivity index (χ1v) is 10.2. The lowest BCUT2D eigenvalue weighted by atomic mass is 10.2. The van der Waals surface area contributed by atoms with Gasteiger partial charge in [0.25, 0.3) is 0 Å². The van der Waals surface area contributed by atoms with Crippen LogP contribution < -0.4 is 14.8 Å². The Kier molecular flexibility index (Phi) is 6.82. The molecule has 0 aliphatic rings. The first kappa shape index (κ1) is 20.8. The van der Waals surface area contributed by atoms with Crippen LogP contribution in [0.4, 0.5) is 5.69 Å². The van der Waals surface area contributed by atoms with E-state index in [1.165, 1.54) is 11.8 Å². The Bertz CT molecular complexity index is 961. The van der Waals surface area contributed by atoms with Crippen molar-refractivity contribution in [3.8, 4) is 22.9 Å². The van der Waals surface area contributed by atoms with Gasteiger partial charge < -0.3 is 23.8 Å². The van der Waals surface area contributed by atoms with Gasteiger partial charge in [-0.15, -0.1) is 10.2 Å². The van der Waals surface area contributed by atoms with Crippen molar-refractivity contribution in [1.82, 2.24) is 14.8 Å². The van der Waals surface area contributed by atoms with E-state index in [1.807, 2.05) is 17.6 Å². The van der Waals surface area contributed by atoms with Crippen LogP contribution in [-0.4, -0.2) is 40.6 Å². The molecule has 1 aromatic carbocycles. The normalized spacial score (nSPS) is 10.8. The third kappa shape index (κ3) is 4.92. The Morgan fingerprint density at radius 1 is 1.21 bits per heavy atom. The van der Waals surface area contributed by atoms with E-state index in [0.29, 0.717) is 22.3 Å². The van der Waals surface area contributed by atoms with Crippen molar-refractivity contribution in [3.05, 3.63) is 36.3 Å². The number of aromatic nitrogens is 3. The molecule has 1 N–H and O–H groups in total. The van der Waals surface area contributed by atoms with Crippen LogP contribution in [0, 0.1) is 6.92 Å². The van der Waals surface area contributed by atoms with Gasteiger partial charge in [-0.1, -0.05) is 18.7 Å².